The predicted octanol–water partition coefficient (Wildman–Crippen LogP) is 8.03. The maximum absolute atomic E-state index is 4.74. The summed E-state index contributed by atoms with van der Waals surface area (Å²) >= 11 is 4.74. The van der Waals surface area contributed by atoms with Crippen molar-refractivity contribution in [2.24, 2.45) is 10.4 Å². The number of thiol groups is 1. The number of rotatable bonds is 8. The average Bonchev–Trinajstić information content (AvgIpc) is 3.38. The van der Waals surface area contributed by atoms with Crippen molar-refractivity contribution in [2.75, 3.05) is 12.4 Å². The van der Waals surface area contributed by atoms with E-state index in [1.807, 2.05) is 7.05 Å². The number of unbranched alkanes of at least 4 members (excludes halogenated alkanes) is 2. The maximum Gasteiger partial charge on any atom is 0.132 e. The lowest BCUT2D eigenvalue weighted by Crippen LogP contribution is -2.23. The molecule has 1 aliphatic carbocycles. The summed E-state index contributed by atoms with van der Waals surface area (Å²) in [6.07, 6.45) is 7.71. The summed E-state index contributed by atoms with van der Waals surface area (Å²) in [5, 5.41) is 3.69. The van der Waals surface area contributed by atoms with Crippen LogP contribution in [-0.2, 0) is 5.41 Å². The molecule has 0 amide bonds. The molecule has 1 N–H and O–H groups in total. The van der Waals surface area contributed by atoms with Gasteiger partial charge < -0.3 is 5.32 Å². The van der Waals surface area contributed by atoms with Gasteiger partial charge in [0.2, 0.25) is 0 Å². The average molecular weight is 437 g/mol. The standard InChI is InChI=1S/C28H40N2S/c1-8-10-13-16-27(6)18-28(27,9-2)23-15-12-11-14-22(23)26(29-7)30-24-19(3)17-20(4)25(31)21(24)5/h11-12,14-15,17,31H,8-10,13,16,18H2,1-7H3,(H,29,30)/t27-,28?/m1/s1. The Labute approximate surface area is 195 Å². The largest absolute Gasteiger partial charge is 0.340 e. The van der Waals surface area contributed by atoms with Gasteiger partial charge in [0.15, 0.2) is 0 Å². The van der Waals surface area contributed by atoms with Crippen molar-refractivity contribution in [3.63, 3.8) is 0 Å². The first-order chi connectivity index (χ1) is 14.7. The Balaban J connectivity index is 1.99. The number of nitrogens with zero attached hydrogens (tertiary/aromatic N) is 1. The van der Waals surface area contributed by atoms with Crippen LogP contribution in [0.1, 0.15) is 87.1 Å². The third kappa shape index (κ3) is 4.31. The smallest absolute Gasteiger partial charge is 0.132 e. The third-order valence-electron chi connectivity index (χ3n) is 7.75. The van der Waals surface area contributed by atoms with Crippen LogP contribution in [-0.4, -0.2) is 12.9 Å². The monoisotopic (exact) mass is 436 g/mol. The molecular weight excluding hydrogens is 396 g/mol. The van der Waals surface area contributed by atoms with Crippen molar-refractivity contribution < 1.29 is 0 Å². The zero-order valence-corrected chi connectivity index (χ0v) is 21.4. The Hall–Kier alpha value is -1.74. The molecule has 0 bridgehead atoms. The molecule has 2 aromatic carbocycles. The molecule has 0 heterocycles. The van der Waals surface area contributed by atoms with Gasteiger partial charge in [0, 0.05) is 28.6 Å². The van der Waals surface area contributed by atoms with E-state index in [1.54, 1.807) is 0 Å². The number of nitrogens with one attached hydrogen (secondary N) is 1. The molecule has 0 saturated heterocycles. The van der Waals surface area contributed by atoms with Gasteiger partial charge in [0.05, 0.1) is 0 Å². The maximum atomic E-state index is 4.74. The lowest BCUT2D eigenvalue weighted by atomic mass is 9.80. The Bertz CT molecular complexity index is 977. The van der Waals surface area contributed by atoms with E-state index in [0.29, 0.717) is 5.41 Å². The van der Waals surface area contributed by atoms with Crippen molar-refractivity contribution in [2.45, 2.75) is 90.4 Å². The fraction of sp³-hybridized carbons (Fsp3) is 0.536. The number of benzene rings is 2. The Morgan fingerprint density at radius 2 is 1.81 bits per heavy atom. The van der Waals surface area contributed by atoms with E-state index in [0.717, 1.165) is 16.4 Å². The minimum Gasteiger partial charge on any atom is -0.340 e. The number of aryl methyl sites for hydroxylation is 2. The Morgan fingerprint density at radius 3 is 2.45 bits per heavy atom. The highest BCUT2D eigenvalue weighted by Gasteiger charge is 2.63. The summed E-state index contributed by atoms with van der Waals surface area (Å²) in [7, 11) is 1.89. The van der Waals surface area contributed by atoms with Crippen LogP contribution in [0.25, 0.3) is 0 Å². The van der Waals surface area contributed by atoms with Gasteiger partial charge in [0.1, 0.15) is 5.84 Å². The van der Waals surface area contributed by atoms with Gasteiger partial charge in [-0.15, -0.1) is 12.6 Å². The van der Waals surface area contributed by atoms with E-state index < -0.39 is 0 Å². The second-order valence-electron chi connectivity index (χ2n) is 9.73. The van der Waals surface area contributed by atoms with Crippen LogP contribution in [0, 0.1) is 26.2 Å². The van der Waals surface area contributed by atoms with Crippen molar-refractivity contribution in [1.82, 2.24) is 0 Å². The number of hydrogen-bond donors (Lipinski definition) is 2. The second-order valence-corrected chi connectivity index (χ2v) is 10.2. The van der Waals surface area contributed by atoms with Gasteiger partial charge in [-0.25, -0.2) is 0 Å². The highest BCUT2D eigenvalue weighted by atomic mass is 32.1. The number of hydrogen-bond acceptors (Lipinski definition) is 2. The van der Waals surface area contributed by atoms with Gasteiger partial charge in [-0.3, -0.25) is 4.99 Å². The quantitative estimate of drug-likeness (QED) is 0.186. The zero-order valence-electron chi connectivity index (χ0n) is 20.5. The molecule has 1 fully saturated rings. The molecular formula is C28H40N2S. The van der Waals surface area contributed by atoms with E-state index in [-0.39, 0.29) is 5.41 Å². The highest BCUT2D eigenvalue weighted by Crippen LogP contribution is 2.69. The third-order valence-corrected chi connectivity index (χ3v) is 8.44. The van der Waals surface area contributed by atoms with Crippen LogP contribution >= 0.6 is 12.6 Å². The fourth-order valence-corrected chi connectivity index (χ4v) is 5.89. The van der Waals surface area contributed by atoms with E-state index in [1.165, 1.54) is 66.3 Å². The zero-order chi connectivity index (χ0) is 22.8. The number of amidine groups is 1. The minimum absolute atomic E-state index is 0.251. The molecule has 31 heavy (non-hydrogen) atoms. The van der Waals surface area contributed by atoms with Gasteiger partial charge in [-0.2, -0.15) is 0 Å². The molecule has 2 aromatic rings. The molecule has 2 atom stereocenters. The van der Waals surface area contributed by atoms with Crippen LogP contribution in [0.2, 0.25) is 0 Å². The first-order valence-corrected chi connectivity index (χ1v) is 12.3. The fourth-order valence-electron chi connectivity index (χ4n) is 5.71. The SMILES string of the molecule is CCCCC[C@]1(C)CC1(CC)c1ccccc1C(=NC)Nc1c(C)cc(C)c(S)c1C. The summed E-state index contributed by atoms with van der Waals surface area (Å²) in [6.45, 7) is 13.6. The highest BCUT2D eigenvalue weighted by molar-refractivity contribution is 7.80. The Morgan fingerprint density at radius 1 is 1.10 bits per heavy atom. The topological polar surface area (TPSA) is 24.4 Å². The van der Waals surface area contributed by atoms with Gasteiger partial charge >= 0.3 is 0 Å². The lowest BCUT2D eigenvalue weighted by molar-refractivity contribution is 0.394. The predicted molar refractivity (Wildman–Crippen MR) is 139 cm³/mol. The second kappa shape index (κ2) is 9.40. The van der Waals surface area contributed by atoms with Crippen LogP contribution < -0.4 is 5.32 Å². The van der Waals surface area contributed by atoms with Crippen molar-refractivity contribution in [3.8, 4) is 0 Å². The summed E-state index contributed by atoms with van der Waals surface area (Å²) in [4.78, 5) is 5.78. The number of aliphatic imine (C=N–C) groups is 1. The van der Waals surface area contributed by atoms with Crippen molar-refractivity contribution in [1.29, 1.82) is 0 Å². The first-order valence-electron chi connectivity index (χ1n) is 11.9. The van der Waals surface area contributed by atoms with Gasteiger partial charge in [-0.1, -0.05) is 70.4 Å². The van der Waals surface area contributed by atoms with E-state index in [9.17, 15) is 0 Å². The minimum atomic E-state index is 0.251. The summed E-state index contributed by atoms with van der Waals surface area (Å²) < 4.78 is 0. The molecule has 2 nitrogen and oxygen atoms in total. The molecule has 1 aliphatic rings. The molecule has 0 aromatic heterocycles. The molecule has 0 aliphatic heterocycles. The molecule has 1 saturated carbocycles. The molecule has 1 unspecified atom stereocenters. The summed E-state index contributed by atoms with van der Waals surface area (Å²) in [5.74, 6) is 0.953. The van der Waals surface area contributed by atoms with Crippen LogP contribution in [0.4, 0.5) is 5.69 Å². The molecule has 3 rings (SSSR count). The van der Waals surface area contributed by atoms with Crippen LogP contribution in [0.5, 0.6) is 0 Å². The molecule has 168 valence electrons. The molecule has 0 radical (unpaired) electrons. The van der Waals surface area contributed by atoms with Gasteiger partial charge in [0.25, 0.3) is 0 Å². The Kier molecular flexibility index (Phi) is 7.25. The van der Waals surface area contributed by atoms with Crippen LogP contribution in [0.15, 0.2) is 40.2 Å². The number of anilines is 1. The van der Waals surface area contributed by atoms with E-state index in [2.05, 4.69) is 77.2 Å². The van der Waals surface area contributed by atoms with Crippen LogP contribution in [0.3, 0.4) is 0 Å². The summed E-state index contributed by atoms with van der Waals surface area (Å²) in [5.41, 5.74) is 8.08. The lowest BCUT2D eigenvalue weighted by Gasteiger charge is -2.26. The van der Waals surface area contributed by atoms with E-state index in [4.69, 9.17) is 17.6 Å². The normalized spacial score (nSPS) is 23.2. The van der Waals surface area contributed by atoms with Crippen molar-refractivity contribution in [3.05, 3.63) is 58.1 Å². The van der Waals surface area contributed by atoms with Gasteiger partial charge in [-0.05, 0) is 67.7 Å². The first kappa shape index (κ1) is 23.9. The summed E-state index contributed by atoms with van der Waals surface area (Å²) in [6, 6.07) is 11.1. The molecule has 3 heteroatoms. The molecule has 0 spiro atoms. The van der Waals surface area contributed by atoms with E-state index >= 15 is 0 Å². The van der Waals surface area contributed by atoms with Crippen molar-refractivity contribution >= 4 is 24.2 Å².